The molecule has 0 aliphatic carbocycles. The lowest BCUT2D eigenvalue weighted by Gasteiger charge is -2.28. The van der Waals surface area contributed by atoms with Crippen molar-refractivity contribution in [2.45, 2.75) is 32.1 Å². The quantitative estimate of drug-likeness (QED) is 0.918. The number of rotatable bonds is 2. The van der Waals surface area contributed by atoms with Crippen molar-refractivity contribution in [3.63, 3.8) is 0 Å². The summed E-state index contributed by atoms with van der Waals surface area (Å²) >= 11 is 0. The van der Waals surface area contributed by atoms with Gasteiger partial charge < -0.3 is 10.0 Å². The Hall–Kier alpha value is -2.17. The van der Waals surface area contributed by atoms with E-state index < -0.39 is 5.97 Å². The van der Waals surface area contributed by atoms with Crippen molar-refractivity contribution in [1.82, 2.24) is 10.2 Å². The van der Waals surface area contributed by atoms with Gasteiger partial charge in [-0.15, -0.1) is 10.2 Å². The highest BCUT2D eigenvalue weighted by Crippen LogP contribution is 2.29. The summed E-state index contributed by atoms with van der Waals surface area (Å²) in [5.41, 5.74) is 1.55. The number of nitrogens with zero attached hydrogens (tertiary/aromatic N) is 3. The van der Waals surface area contributed by atoms with Gasteiger partial charge in [-0.1, -0.05) is 37.5 Å². The van der Waals surface area contributed by atoms with Crippen molar-refractivity contribution in [3.05, 3.63) is 30.0 Å². The van der Waals surface area contributed by atoms with Crippen molar-refractivity contribution in [2.24, 2.45) is 0 Å². The second-order valence-corrected chi connectivity index (χ2v) is 5.47. The zero-order valence-corrected chi connectivity index (χ0v) is 12.0. The topological polar surface area (TPSA) is 66.3 Å². The Morgan fingerprint density at radius 3 is 2.38 bits per heavy atom. The fourth-order valence-electron chi connectivity index (χ4n) is 2.98. The van der Waals surface area contributed by atoms with Crippen LogP contribution >= 0.6 is 0 Å². The number of aromatic nitrogens is 2. The Morgan fingerprint density at radius 1 is 1.00 bits per heavy atom. The molecule has 0 saturated carbocycles. The molecule has 2 aromatic rings. The summed E-state index contributed by atoms with van der Waals surface area (Å²) in [4.78, 5) is 13.7. The van der Waals surface area contributed by atoms with Gasteiger partial charge in [0, 0.05) is 18.5 Å². The van der Waals surface area contributed by atoms with Crippen LogP contribution in [0.1, 0.15) is 42.6 Å². The molecule has 1 fully saturated rings. The molecule has 5 heteroatoms. The van der Waals surface area contributed by atoms with E-state index in [0.29, 0.717) is 0 Å². The summed E-state index contributed by atoms with van der Waals surface area (Å²) in [5, 5.41) is 18.3. The minimum atomic E-state index is -1.01. The standard InChI is InChI=1S/C16H19N3O2/c20-16(21)14-15(19-10-6-2-1-3-7-11-19)12-8-4-5-9-13(12)17-18-14/h4-5,8-9H,1-3,6-7,10-11H2,(H,20,21). The van der Waals surface area contributed by atoms with Crippen LogP contribution < -0.4 is 4.90 Å². The van der Waals surface area contributed by atoms with Crippen molar-refractivity contribution in [2.75, 3.05) is 18.0 Å². The SMILES string of the molecule is O=C(O)c1nnc2ccccc2c1N1CCCCCCC1. The van der Waals surface area contributed by atoms with Crippen LogP contribution in [0.5, 0.6) is 0 Å². The second-order valence-electron chi connectivity index (χ2n) is 5.47. The molecule has 110 valence electrons. The summed E-state index contributed by atoms with van der Waals surface area (Å²) in [6.07, 6.45) is 5.87. The molecule has 21 heavy (non-hydrogen) atoms. The second kappa shape index (κ2) is 6.08. The number of hydrogen-bond acceptors (Lipinski definition) is 4. The number of aromatic carboxylic acids is 1. The minimum absolute atomic E-state index is 0.0641. The number of carbonyl (C=O) groups is 1. The van der Waals surface area contributed by atoms with Crippen molar-refractivity contribution >= 4 is 22.6 Å². The van der Waals surface area contributed by atoms with E-state index in [4.69, 9.17) is 0 Å². The molecule has 5 nitrogen and oxygen atoms in total. The van der Waals surface area contributed by atoms with E-state index in [2.05, 4.69) is 15.1 Å². The number of benzene rings is 1. The molecule has 1 aliphatic heterocycles. The summed E-state index contributed by atoms with van der Waals surface area (Å²) < 4.78 is 0. The molecule has 3 rings (SSSR count). The molecule has 1 aliphatic rings. The summed E-state index contributed by atoms with van der Waals surface area (Å²) in [6, 6.07) is 7.63. The first-order valence-corrected chi connectivity index (χ1v) is 7.51. The fraction of sp³-hybridized carbons (Fsp3) is 0.438. The number of carboxylic acids is 1. The molecule has 2 heterocycles. The van der Waals surface area contributed by atoms with Crippen molar-refractivity contribution in [1.29, 1.82) is 0 Å². The average molecular weight is 285 g/mol. The van der Waals surface area contributed by atoms with Crippen LogP contribution in [0.15, 0.2) is 24.3 Å². The van der Waals surface area contributed by atoms with Crippen LogP contribution in [0.4, 0.5) is 5.69 Å². The van der Waals surface area contributed by atoms with Crippen LogP contribution in [-0.4, -0.2) is 34.4 Å². The van der Waals surface area contributed by atoms with Crippen LogP contribution in [0.25, 0.3) is 10.9 Å². The van der Waals surface area contributed by atoms with Crippen LogP contribution in [0.3, 0.4) is 0 Å². The maximum atomic E-state index is 11.5. The van der Waals surface area contributed by atoms with Gasteiger partial charge in [-0.05, 0) is 18.9 Å². The molecule has 0 radical (unpaired) electrons. The Kier molecular flexibility index (Phi) is 3.99. The van der Waals surface area contributed by atoms with Gasteiger partial charge in [0.25, 0.3) is 0 Å². The molecule has 0 bridgehead atoms. The average Bonchev–Trinajstić information content (AvgIpc) is 2.46. The first kappa shape index (κ1) is 13.8. The molecular weight excluding hydrogens is 266 g/mol. The molecule has 0 atom stereocenters. The lowest BCUT2D eigenvalue weighted by atomic mass is 10.1. The highest BCUT2D eigenvalue weighted by atomic mass is 16.4. The number of fused-ring (bicyclic) bond motifs is 1. The Balaban J connectivity index is 2.12. The Bertz CT molecular complexity index is 649. The van der Waals surface area contributed by atoms with Gasteiger partial charge in [0.05, 0.1) is 11.2 Å². The van der Waals surface area contributed by atoms with Crippen molar-refractivity contribution in [3.8, 4) is 0 Å². The molecular formula is C16H19N3O2. The third-order valence-corrected chi connectivity index (χ3v) is 4.02. The summed E-state index contributed by atoms with van der Waals surface area (Å²) in [5.74, 6) is -1.01. The molecule has 1 N–H and O–H groups in total. The maximum Gasteiger partial charge on any atom is 0.358 e. The first-order chi connectivity index (χ1) is 10.3. The van der Waals surface area contributed by atoms with Gasteiger partial charge in [-0.25, -0.2) is 4.79 Å². The molecule has 0 spiro atoms. The minimum Gasteiger partial charge on any atom is -0.476 e. The molecule has 1 aromatic heterocycles. The first-order valence-electron chi connectivity index (χ1n) is 7.51. The van der Waals surface area contributed by atoms with E-state index in [9.17, 15) is 9.90 Å². The molecule has 1 aromatic carbocycles. The molecule has 0 amide bonds. The van der Waals surface area contributed by atoms with Gasteiger partial charge in [0.1, 0.15) is 0 Å². The monoisotopic (exact) mass is 285 g/mol. The van der Waals surface area contributed by atoms with Crippen molar-refractivity contribution < 1.29 is 9.90 Å². The van der Waals surface area contributed by atoms with E-state index in [1.54, 1.807) is 0 Å². The summed E-state index contributed by atoms with van der Waals surface area (Å²) in [6.45, 7) is 1.77. The highest BCUT2D eigenvalue weighted by Gasteiger charge is 2.22. The predicted octanol–water partition coefficient (Wildman–Crippen LogP) is 3.10. The molecule has 0 unspecified atom stereocenters. The van der Waals surface area contributed by atoms with Crippen LogP contribution in [-0.2, 0) is 0 Å². The maximum absolute atomic E-state index is 11.5. The van der Waals surface area contributed by atoms with Crippen LogP contribution in [0.2, 0.25) is 0 Å². The van der Waals surface area contributed by atoms with Gasteiger partial charge in [0.15, 0.2) is 5.69 Å². The number of anilines is 1. The molecule has 1 saturated heterocycles. The lowest BCUT2D eigenvalue weighted by Crippen LogP contribution is -2.29. The number of hydrogen-bond donors (Lipinski definition) is 1. The Morgan fingerprint density at radius 2 is 1.67 bits per heavy atom. The largest absolute Gasteiger partial charge is 0.476 e. The van der Waals surface area contributed by atoms with E-state index in [1.165, 1.54) is 19.3 Å². The zero-order chi connectivity index (χ0) is 14.7. The normalized spacial score (nSPS) is 16.5. The fourth-order valence-corrected chi connectivity index (χ4v) is 2.98. The van der Waals surface area contributed by atoms with Gasteiger partial charge in [0.2, 0.25) is 0 Å². The third-order valence-electron chi connectivity index (χ3n) is 4.02. The van der Waals surface area contributed by atoms with E-state index >= 15 is 0 Å². The van der Waals surface area contributed by atoms with Gasteiger partial charge in [-0.2, -0.15) is 0 Å². The van der Waals surface area contributed by atoms with E-state index in [1.807, 2.05) is 24.3 Å². The lowest BCUT2D eigenvalue weighted by molar-refractivity contribution is 0.0690. The van der Waals surface area contributed by atoms with Gasteiger partial charge >= 0.3 is 5.97 Å². The highest BCUT2D eigenvalue weighted by molar-refractivity contribution is 6.02. The van der Waals surface area contributed by atoms with E-state index in [-0.39, 0.29) is 5.69 Å². The van der Waals surface area contributed by atoms with Crippen LogP contribution in [0, 0.1) is 0 Å². The predicted molar refractivity (Wildman–Crippen MR) is 81.8 cm³/mol. The number of carboxylic acid groups (broad SMARTS) is 1. The summed E-state index contributed by atoms with van der Waals surface area (Å²) in [7, 11) is 0. The van der Waals surface area contributed by atoms with Gasteiger partial charge in [-0.3, -0.25) is 0 Å². The zero-order valence-electron chi connectivity index (χ0n) is 12.0. The Labute approximate surface area is 123 Å². The smallest absolute Gasteiger partial charge is 0.358 e. The third kappa shape index (κ3) is 2.82. The van der Waals surface area contributed by atoms with E-state index in [0.717, 1.165) is 42.5 Å².